The first kappa shape index (κ1) is 20.9. The Labute approximate surface area is 171 Å². The third-order valence-corrected chi connectivity index (χ3v) is 5.23. The Morgan fingerprint density at radius 2 is 1.83 bits per heavy atom. The molecule has 0 aromatic heterocycles. The highest BCUT2D eigenvalue weighted by molar-refractivity contribution is 5.82. The number of hydrogen-bond acceptors (Lipinski definition) is 4. The van der Waals surface area contributed by atoms with Gasteiger partial charge in [-0.05, 0) is 31.2 Å². The summed E-state index contributed by atoms with van der Waals surface area (Å²) in [6.07, 6.45) is 7.24. The summed E-state index contributed by atoms with van der Waals surface area (Å²) in [6.45, 7) is 1.81. The number of cyclic esters (lactones) is 1. The molecule has 0 unspecified atom stereocenters. The van der Waals surface area contributed by atoms with Gasteiger partial charge in [-0.2, -0.15) is 0 Å². The number of rotatable bonds is 3. The van der Waals surface area contributed by atoms with Crippen LogP contribution in [0.4, 0.5) is 4.79 Å². The molecule has 29 heavy (non-hydrogen) atoms. The van der Waals surface area contributed by atoms with Gasteiger partial charge in [-0.15, -0.1) is 0 Å². The maximum Gasteiger partial charge on any atom is 0.410 e. The van der Waals surface area contributed by atoms with E-state index < -0.39 is 12.1 Å². The molecule has 0 aliphatic carbocycles. The maximum atomic E-state index is 12.7. The number of hydrogen-bond donors (Lipinski definition) is 1. The number of piperidine rings is 1. The zero-order chi connectivity index (χ0) is 20.5. The van der Waals surface area contributed by atoms with Crippen molar-refractivity contribution < 1.29 is 19.1 Å². The Morgan fingerprint density at radius 1 is 1.07 bits per heavy atom. The molecule has 1 fully saturated rings. The first-order valence-electron chi connectivity index (χ1n) is 10.3. The minimum absolute atomic E-state index is 0.00549. The number of nitrogens with one attached hydrogen (secondary N) is 1. The number of amides is 3. The highest BCUT2D eigenvalue weighted by Gasteiger charge is 2.24. The fraction of sp³-hybridized carbons (Fsp3) is 0.500. The van der Waals surface area contributed by atoms with E-state index in [1.54, 1.807) is 0 Å². The van der Waals surface area contributed by atoms with Crippen LogP contribution in [0.25, 0.3) is 0 Å². The lowest BCUT2D eigenvalue weighted by Crippen LogP contribution is -2.45. The Bertz CT molecular complexity index is 729. The molecule has 3 rings (SSSR count). The normalized spacial score (nSPS) is 22.7. The summed E-state index contributed by atoms with van der Waals surface area (Å²) in [5.41, 5.74) is 0.872. The SMILES string of the molecule is O=C1CC/C=C/CN(CC(=O)N2CCCCC2)C(=O)OC[C@@H](c2ccccc2)N1. The highest BCUT2D eigenvalue weighted by atomic mass is 16.6. The molecular weight excluding hydrogens is 370 g/mol. The van der Waals surface area contributed by atoms with Crippen molar-refractivity contribution in [1.29, 1.82) is 0 Å². The number of benzene rings is 1. The van der Waals surface area contributed by atoms with Gasteiger partial charge >= 0.3 is 6.09 Å². The van der Waals surface area contributed by atoms with E-state index in [4.69, 9.17) is 4.74 Å². The van der Waals surface area contributed by atoms with Crippen LogP contribution in [0.5, 0.6) is 0 Å². The predicted octanol–water partition coefficient (Wildman–Crippen LogP) is 2.65. The molecule has 156 valence electrons. The third kappa shape index (κ3) is 6.34. The molecule has 3 amide bonds. The molecule has 0 saturated carbocycles. The fourth-order valence-electron chi connectivity index (χ4n) is 3.56. The second-order valence-corrected chi connectivity index (χ2v) is 7.44. The first-order valence-corrected chi connectivity index (χ1v) is 10.3. The van der Waals surface area contributed by atoms with Gasteiger partial charge in [0.15, 0.2) is 0 Å². The Hall–Kier alpha value is -2.83. The summed E-state index contributed by atoms with van der Waals surface area (Å²) in [5.74, 6) is -0.132. The van der Waals surface area contributed by atoms with Crippen LogP contribution >= 0.6 is 0 Å². The van der Waals surface area contributed by atoms with Gasteiger partial charge in [-0.25, -0.2) is 4.79 Å². The van der Waals surface area contributed by atoms with Crippen LogP contribution in [0.1, 0.15) is 43.7 Å². The van der Waals surface area contributed by atoms with Crippen LogP contribution in [0.2, 0.25) is 0 Å². The number of allylic oxidation sites excluding steroid dienone is 1. The molecule has 0 spiro atoms. The molecule has 1 atom stereocenters. The van der Waals surface area contributed by atoms with Crippen molar-refractivity contribution in [2.24, 2.45) is 0 Å². The molecule has 2 aliphatic heterocycles. The predicted molar refractivity (Wildman–Crippen MR) is 109 cm³/mol. The van der Waals surface area contributed by atoms with E-state index >= 15 is 0 Å². The van der Waals surface area contributed by atoms with Gasteiger partial charge in [-0.1, -0.05) is 42.5 Å². The van der Waals surface area contributed by atoms with Gasteiger partial charge in [0, 0.05) is 26.1 Å². The van der Waals surface area contributed by atoms with E-state index in [-0.39, 0.29) is 31.5 Å². The van der Waals surface area contributed by atoms with Crippen molar-refractivity contribution in [2.45, 2.75) is 38.1 Å². The lowest BCUT2D eigenvalue weighted by atomic mass is 10.1. The van der Waals surface area contributed by atoms with E-state index in [0.717, 1.165) is 37.9 Å². The standard InChI is InChI=1S/C22H29N3O4/c26-20-12-6-2-7-15-25(16-21(27)24-13-8-3-9-14-24)22(28)29-17-19(23-20)18-10-4-1-5-11-18/h1-2,4-5,7,10-11,19H,3,6,8-9,12-17H2,(H,23,26)/b7-2+/t19-/m0/s1. The average molecular weight is 399 g/mol. The van der Waals surface area contributed by atoms with Crippen LogP contribution in [0.3, 0.4) is 0 Å². The lowest BCUT2D eigenvalue weighted by molar-refractivity contribution is -0.132. The zero-order valence-electron chi connectivity index (χ0n) is 16.7. The first-order chi connectivity index (χ1) is 14.1. The Balaban J connectivity index is 1.68. The Kier molecular flexibility index (Phi) is 7.67. The summed E-state index contributed by atoms with van der Waals surface area (Å²) in [7, 11) is 0. The van der Waals surface area contributed by atoms with Crippen molar-refractivity contribution in [1.82, 2.24) is 15.1 Å². The van der Waals surface area contributed by atoms with Gasteiger partial charge in [0.1, 0.15) is 13.2 Å². The maximum absolute atomic E-state index is 12.7. The number of nitrogens with zero attached hydrogens (tertiary/aromatic N) is 2. The molecule has 7 heteroatoms. The lowest BCUT2D eigenvalue weighted by Gasteiger charge is -2.30. The van der Waals surface area contributed by atoms with Crippen LogP contribution in [-0.4, -0.2) is 60.5 Å². The van der Waals surface area contributed by atoms with Gasteiger partial charge in [0.2, 0.25) is 11.8 Å². The van der Waals surface area contributed by atoms with E-state index in [9.17, 15) is 14.4 Å². The zero-order valence-corrected chi connectivity index (χ0v) is 16.7. The van der Waals surface area contributed by atoms with Crippen molar-refractivity contribution in [3.8, 4) is 0 Å². The van der Waals surface area contributed by atoms with Crippen LogP contribution in [-0.2, 0) is 14.3 Å². The number of likely N-dealkylation sites (tertiary alicyclic amines) is 1. The summed E-state index contributed by atoms with van der Waals surface area (Å²) in [4.78, 5) is 40.8. The molecule has 7 nitrogen and oxygen atoms in total. The molecule has 1 aromatic carbocycles. The van der Waals surface area contributed by atoms with Crippen molar-refractivity contribution >= 4 is 17.9 Å². The van der Waals surface area contributed by atoms with E-state index in [2.05, 4.69) is 5.32 Å². The van der Waals surface area contributed by atoms with E-state index in [0.29, 0.717) is 12.8 Å². The summed E-state index contributed by atoms with van der Waals surface area (Å²) in [5, 5.41) is 2.94. The summed E-state index contributed by atoms with van der Waals surface area (Å²) < 4.78 is 5.50. The van der Waals surface area contributed by atoms with Gasteiger partial charge in [0.05, 0.1) is 6.04 Å². The smallest absolute Gasteiger partial charge is 0.410 e. The quantitative estimate of drug-likeness (QED) is 0.793. The van der Waals surface area contributed by atoms with Crippen molar-refractivity contribution in [3.05, 3.63) is 48.0 Å². The molecule has 2 aliphatic rings. The summed E-state index contributed by atoms with van der Waals surface area (Å²) in [6, 6.07) is 9.02. The largest absolute Gasteiger partial charge is 0.447 e. The minimum Gasteiger partial charge on any atom is -0.447 e. The van der Waals surface area contributed by atoms with Gasteiger partial charge in [0.25, 0.3) is 0 Å². The van der Waals surface area contributed by atoms with Gasteiger partial charge in [-0.3, -0.25) is 14.5 Å². The topological polar surface area (TPSA) is 79.0 Å². The van der Waals surface area contributed by atoms with Crippen LogP contribution in [0, 0.1) is 0 Å². The molecule has 1 saturated heterocycles. The highest BCUT2D eigenvalue weighted by Crippen LogP contribution is 2.15. The monoisotopic (exact) mass is 399 g/mol. The molecule has 0 radical (unpaired) electrons. The molecular formula is C22H29N3O4. The Morgan fingerprint density at radius 3 is 2.59 bits per heavy atom. The third-order valence-electron chi connectivity index (χ3n) is 5.23. The number of carbonyl (C=O) groups is 3. The van der Waals surface area contributed by atoms with Crippen LogP contribution < -0.4 is 5.32 Å². The fourth-order valence-corrected chi connectivity index (χ4v) is 3.56. The summed E-state index contributed by atoms with van der Waals surface area (Å²) >= 11 is 0. The molecule has 1 aromatic rings. The molecule has 0 bridgehead atoms. The number of ether oxygens (including phenoxy) is 1. The number of carbonyl (C=O) groups excluding carboxylic acids is 3. The minimum atomic E-state index is -0.546. The second-order valence-electron chi connectivity index (χ2n) is 7.44. The molecule has 1 N–H and O–H groups in total. The second kappa shape index (κ2) is 10.6. The average Bonchev–Trinajstić information content (AvgIpc) is 2.75. The van der Waals surface area contributed by atoms with E-state index in [1.807, 2.05) is 47.4 Å². The van der Waals surface area contributed by atoms with Crippen molar-refractivity contribution in [3.63, 3.8) is 0 Å². The van der Waals surface area contributed by atoms with Gasteiger partial charge < -0.3 is 15.0 Å². The molecule has 2 heterocycles. The van der Waals surface area contributed by atoms with Crippen LogP contribution in [0.15, 0.2) is 42.5 Å². The van der Waals surface area contributed by atoms with Crippen molar-refractivity contribution in [2.75, 3.05) is 32.8 Å². The van der Waals surface area contributed by atoms with E-state index in [1.165, 1.54) is 4.90 Å².